The summed E-state index contributed by atoms with van der Waals surface area (Å²) >= 11 is 0. The van der Waals surface area contributed by atoms with E-state index in [2.05, 4.69) is 23.1 Å². The van der Waals surface area contributed by atoms with Gasteiger partial charge in [-0.1, -0.05) is 18.2 Å². The second kappa shape index (κ2) is 5.00. The van der Waals surface area contributed by atoms with E-state index >= 15 is 0 Å². The maximum atomic E-state index is 11.4. The Balaban J connectivity index is 1.89. The van der Waals surface area contributed by atoms with E-state index in [1.54, 1.807) is 25.1 Å². The molecule has 2 aromatic rings. The molecule has 3 nitrogen and oxygen atoms in total. The largest absolute Gasteiger partial charge is 0.508 e. The Kier molecular flexibility index (Phi) is 3.18. The standard InChI is InChI=1S/C17H17NO2/c1-12(19)14-6-7-17(20)15(10-14)11-18-9-8-13-4-2-3-5-16(13)18/h2-7,10,20H,8-9,11H2,1H3. The zero-order chi connectivity index (χ0) is 14.1. The maximum absolute atomic E-state index is 11.4. The molecule has 0 aromatic heterocycles. The van der Waals surface area contributed by atoms with Gasteiger partial charge in [-0.15, -0.1) is 0 Å². The number of phenols is 1. The predicted molar refractivity (Wildman–Crippen MR) is 79.3 cm³/mol. The van der Waals surface area contributed by atoms with Crippen molar-refractivity contribution in [1.29, 1.82) is 0 Å². The number of para-hydroxylation sites is 1. The zero-order valence-electron chi connectivity index (χ0n) is 11.5. The molecule has 0 unspecified atom stereocenters. The molecule has 0 fully saturated rings. The minimum atomic E-state index is 0.0214. The average Bonchev–Trinajstić information content (AvgIpc) is 2.84. The van der Waals surface area contributed by atoms with Crippen molar-refractivity contribution in [3.8, 4) is 5.75 Å². The van der Waals surface area contributed by atoms with Gasteiger partial charge in [-0.2, -0.15) is 0 Å². The average molecular weight is 267 g/mol. The number of carbonyl (C=O) groups is 1. The number of anilines is 1. The minimum Gasteiger partial charge on any atom is -0.508 e. The summed E-state index contributed by atoms with van der Waals surface area (Å²) in [5, 5.41) is 9.99. The fourth-order valence-corrected chi connectivity index (χ4v) is 2.71. The number of rotatable bonds is 3. The van der Waals surface area contributed by atoms with E-state index in [1.807, 2.05) is 6.07 Å². The Morgan fingerprint density at radius 3 is 2.85 bits per heavy atom. The highest BCUT2D eigenvalue weighted by Crippen LogP contribution is 2.30. The number of fused-ring (bicyclic) bond motifs is 1. The summed E-state index contributed by atoms with van der Waals surface area (Å²) in [6.45, 7) is 3.12. The van der Waals surface area contributed by atoms with Crippen LogP contribution in [0, 0.1) is 0 Å². The number of aromatic hydroxyl groups is 1. The van der Waals surface area contributed by atoms with Crippen molar-refractivity contribution in [2.45, 2.75) is 19.9 Å². The van der Waals surface area contributed by atoms with Crippen LogP contribution in [-0.2, 0) is 13.0 Å². The van der Waals surface area contributed by atoms with Gasteiger partial charge >= 0.3 is 0 Å². The Morgan fingerprint density at radius 1 is 1.25 bits per heavy atom. The van der Waals surface area contributed by atoms with Gasteiger partial charge in [0.25, 0.3) is 0 Å². The highest BCUT2D eigenvalue weighted by molar-refractivity contribution is 5.94. The van der Waals surface area contributed by atoms with Crippen molar-refractivity contribution < 1.29 is 9.90 Å². The monoisotopic (exact) mass is 267 g/mol. The first kappa shape index (κ1) is 12.7. The number of nitrogens with zero attached hydrogens (tertiary/aromatic N) is 1. The Bertz CT molecular complexity index is 664. The summed E-state index contributed by atoms with van der Waals surface area (Å²) in [7, 11) is 0. The van der Waals surface area contributed by atoms with Crippen LogP contribution in [-0.4, -0.2) is 17.4 Å². The molecule has 102 valence electrons. The van der Waals surface area contributed by atoms with Crippen molar-refractivity contribution in [1.82, 2.24) is 0 Å². The van der Waals surface area contributed by atoms with E-state index in [9.17, 15) is 9.90 Å². The topological polar surface area (TPSA) is 40.5 Å². The molecule has 20 heavy (non-hydrogen) atoms. The van der Waals surface area contributed by atoms with Crippen LogP contribution in [0.4, 0.5) is 5.69 Å². The van der Waals surface area contributed by atoms with Crippen molar-refractivity contribution in [3.05, 3.63) is 59.2 Å². The van der Waals surface area contributed by atoms with Crippen LogP contribution in [0.15, 0.2) is 42.5 Å². The van der Waals surface area contributed by atoms with Gasteiger partial charge in [0, 0.05) is 29.9 Å². The van der Waals surface area contributed by atoms with Crippen LogP contribution in [0.2, 0.25) is 0 Å². The quantitative estimate of drug-likeness (QED) is 0.868. The summed E-state index contributed by atoms with van der Waals surface area (Å²) in [6.07, 6.45) is 1.03. The second-order valence-corrected chi connectivity index (χ2v) is 5.20. The summed E-state index contributed by atoms with van der Waals surface area (Å²) in [4.78, 5) is 13.7. The molecule has 0 spiro atoms. The normalized spacial score (nSPS) is 13.3. The molecule has 0 aliphatic carbocycles. The molecule has 2 aromatic carbocycles. The van der Waals surface area contributed by atoms with Gasteiger partial charge in [0.1, 0.15) is 5.75 Å². The first-order chi connectivity index (χ1) is 9.65. The number of phenolic OH excluding ortho intramolecular Hbond substituents is 1. The molecule has 0 radical (unpaired) electrons. The van der Waals surface area contributed by atoms with Gasteiger partial charge in [-0.05, 0) is 43.2 Å². The van der Waals surface area contributed by atoms with Crippen molar-refractivity contribution in [3.63, 3.8) is 0 Å². The van der Waals surface area contributed by atoms with Gasteiger partial charge < -0.3 is 10.0 Å². The predicted octanol–water partition coefficient (Wildman–Crippen LogP) is 3.16. The number of ketones is 1. The Morgan fingerprint density at radius 2 is 2.05 bits per heavy atom. The summed E-state index contributed by atoms with van der Waals surface area (Å²) in [5.41, 5.74) is 4.01. The number of hydrogen-bond donors (Lipinski definition) is 1. The lowest BCUT2D eigenvalue weighted by Crippen LogP contribution is -2.19. The van der Waals surface area contributed by atoms with E-state index in [-0.39, 0.29) is 11.5 Å². The molecule has 1 aliphatic heterocycles. The van der Waals surface area contributed by atoms with Crippen LogP contribution in [0.3, 0.4) is 0 Å². The first-order valence-corrected chi connectivity index (χ1v) is 6.81. The fourth-order valence-electron chi connectivity index (χ4n) is 2.71. The number of carbonyl (C=O) groups excluding carboxylic acids is 1. The number of hydrogen-bond acceptors (Lipinski definition) is 3. The molecule has 1 heterocycles. The highest BCUT2D eigenvalue weighted by Gasteiger charge is 2.19. The molecule has 3 heteroatoms. The molecule has 1 aliphatic rings. The zero-order valence-corrected chi connectivity index (χ0v) is 11.5. The van der Waals surface area contributed by atoms with Gasteiger partial charge in [0.15, 0.2) is 5.78 Å². The molecule has 1 N–H and O–H groups in total. The van der Waals surface area contributed by atoms with Crippen LogP contribution in [0.25, 0.3) is 0 Å². The summed E-state index contributed by atoms with van der Waals surface area (Å²) in [6, 6.07) is 13.4. The second-order valence-electron chi connectivity index (χ2n) is 5.20. The van der Waals surface area contributed by atoms with Crippen molar-refractivity contribution in [2.75, 3.05) is 11.4 Å². The van der Waals surface area contributed by atoms with Gasteiger partial charge in [-0.3, -0.25) is 4.79 Å². The van der Waals surface area contributed by atoms with Crippen LogP contribution in [0.1, 0.15) is 28.4 Å². The van der Waals surface area contributed by atoms with E-state index in [4.69, 9.17) is 0 Å². The van der Waals surface area contributed by atoms with Crippen molar-refractivity contribution in [2.24, 2.45) is 0 Å². The van der Waals surface area contributed by atoms with E-state index < -0.39 is 0 Å². The number of Topliss-reactive ketones (excluding diaryl/α,β-unsaturated/α-hetero) is 1. The lowest BCUT2D eigenvalue weighted by atomic mass is 10.1. The lowest BCUT2D eigenvalue weighted by Gasteiger charge is -2.20. The van der Waals surface area contributed by atoms with Gasteiger partial charge in [-0.25, -0.2) is 0 Å². The number of benzene rings is 2. The lowest BCUT2D eigenvalue weighted by molar-refractivity contribution is 0.101. The molecular formula is C17H17NO2. The SMILES string of the molecule is CC(=O)c1ccc(O)c(CN2CCc3ccccc32)c1. The van der Waals surface area contributed by atoms with Crippen molar-refractivity contribution >= 4 is 11.5 Å². The van der Waals surface area contributed by atoms with Gasteiger partial charge in [0.2, 0.25) is 0 Å². The van der Waals surface area contributed by atoms with E-state index in [1.165, 1.54) is 11.3 Å². The third kappa shape index (κ3) is 2.27. The van der Waals surface area contributed by atoms with Crippen LogP contribution in [0.5, 0.6) is 5.75 Å². The third-order valence-electron chi connectivity index (χ3n) is 3.83. The smallest absolute Gasteiger partial charge is 0.159 e. The van der Waals surface area contributed by atoms with E-state index in [0.717, 1.165) is 18.5 Å². The van der Waals surface area contributed by atoms with Crippen LogP contribution < -0.4 is 4.90 Å². The molecule has 0 saturated heterocycles. The minimum absolute atomic E-state index is 0.0214. The van der Waals surface area contributed by atoms with E-state index in [0.29, 0.717) is 12.1 Å². The maximum Gasteiger partial charge on any atom is 0.159 e. The highest BCUT2D eigenvalue weighted by atomic mass is 16.3. The third-order valence-corrected chi connectivity index (χ3v) is 3.83. The molecule has 3 rings (SSSR count). The molecule has 0 atom stereocenters. The summed E-state index contributed by atoms with van der Waals surface area (Å²) in [5.74, 6) is 0.271. The fraction of sp³-hybridized carbons (Fsp3) is 0.235. The van der Waals surface area contributed by atoms with Gasteiger partial charge in [0.05, 0.1) is 0 Å². The summed E-state index contributed by atoms with van der Waals surface area (Å²) < 4.78 is 0. The Hall–Kier alpha value is -2.29. The van der Waals surface area contributed by atoms with Crippen LogP contribution >= 0.6 is 0 Å². The molecule has 0 saturated carbocycles. The first-order valence-electron chi connectivity index (χ1n) is 6.81. The molecule has 0 amide bonds. The molecular weight excluding hydrogens is 250 g/mol. The Labute approximate surface area is 118 Å². The molecule has 0 bridgehead atoms.